The summed E-state index contributed by atoms with van der Waals surface area (Å²) in [6, 6.07) is 2.07. The number of aromatic nitrogens is 2. The third-order valence-electron chi connectivity index (χ3n) is 4.02. The molecule has 0 N–H and O–H groups in total. The van der Waals surface area contributed by atoms with Gasteiger partial charge in [-0.1, -0.05) is 16.4 Å². The van der Waals surface area contributed by atoms with Crippen molar-refractivity contribution in [2.24, 2.45) is 5.92 Å². The van der Waals surface area contributed by atoms with Gasteiger partial charge in [0.25, 0.3) is 5.19 Å². The van der Waals surface area contributed by atoms with Gasteiger partial charge in [0.05, 0.1) is 0 Å². The quantitative estimate of drug-likeness (QED) is 0.872. The van der Waals surface area contributed by atoms with Crippen molar-refractivity contribution in [2.75, 3.05) is 19.6 Å². The predicted octanol–water partition coefficient (Wildman–Crippen LogP) is 2.74. The molecule has 1 unspecified atom stereocenters. The van der Waals surface area contributed by atoms with Crippen LogP contribution in [0.1, 0.15) is 12.8 Å². The third kappa shape index (κ3) is 2.28. The minimum atomic E-state index is 0.311. The van der Waals surface area contributed by atoms with Gasteiger partial charge in [-0.2, -0.15) is 11.3 Å². The maximum atomic E-state index is 6.07. The molecule has 2 bridgehead atoms. The molecule has 0 saturated carbocycles. The fourth-order valence-electron chi connectivity index (χ4n) is 2.93. The molecule has 0 aromatic carbocycles. The summed E-state index contributed by atoms with van der Waals surface area (Å²) in [6.45, 7) is 3.53. The van der Waals surface area contributed by atoms with Gasteiger partial charge in [-0.3, -0.25) is 4.90 Å². The van der Waals surface area contributed by atoms with E-state index in [4.69, 9.17) is 4.74 Å². The van der Waals surface area contributed by atoms with Crippen molar-refractivity contribution in [2.45, 2.75) is 18.9 Å². The van der Waals surface area contributed by atoms with Gasteiger partial charge in [0, 0.05) is 17.5 Å². The molecule has 3 fully saturated rings. The molecule has 6 heteroatoms. The van der Waals surface area contributed by atoms with E-state index in [2.05, 4.69) is 31.9 Å². The first-order valence-corrected chi connectivity index (χ1v) is 8.39. The highest BCUT2D eigenvalue weighted by Gasteiger charge is 2.36. The molecule has 4 nitrogen and oxygen atoms in total. The molecular formula is C13H15N3OS2. The molecule has 100 valence electrons. The fourth-order valence-corrected chi connectivity index (χ4v) is 4.39. The van der Waals surface area contributed by atoms with Gasteiger partial charge in [0.2, 0.25) is 0 Å². The molecule has 3 aliphatic rings. The Bertz CT molecular complexity index is 546. The van der Waals surface area contributed by atoms with Crippen LogP contribution in [0, 0.1) is 5.92 Å². The first-order chi connectivity index (χ1) is 9.38. The van der Waals surface area contributed by atoms with Gasteiger partial charge in [0.15, 0.2) is 5.01 Å². The second kappa shape index (κ2) is 4.85. The van der Waals surface area contributed by atoms with Gasteiger partial charge in [-0.05, 0) is 43.3 Å². The van der Waals surface area contributed by atoms with Gasteiger partial charge in [-0.25, -0.2) is 0 Å². The molecule has 0 radical (unpaired) electrons. The van der Waals surface area contributed by atoms with Crippen molar-refractivity contribution < 1.29 is 4.74 Å². The molecule has 5 rings (SSSR count). The number of hydrogen-bond acceptors (Lipinski definition) is 6. The molecule has 3 saturated heterocycles. The lowest BCUT2D eigenvalue weighted by atomic mass is 9.86. The van der Waals surface area contributed by atoms with Crippen molar-refractivity contribution in [3.8, 4) is 15.8 Å². The molecule has 2 aromatic rings. The molecule has 5 heterocycles. The van der Waals surface area contributed by atoms with E-state index in [9.17, 15) is 0 Å². The van der Waals surface area contributed by atoms with Crippen LogP contribution in [-0.2, 0) is 0 Å². The van der Waals surface area contributed by atoms with Crippen molar-refractivity contribution in [1.82, 2.24) is 15.1 Å². The van der Waals surface area contributed by atoms with Crippen LogP contribution in [0.25, 0.3) is 10.6 Å². The Kier molecular flexibility index (Phi) is 3.01. The Morgan fingerprint density at radius 3 is 2.84 bits per heavy atom. The first-order valence-electron chi connectivity index (χ1n) is 6.63. The smallest absolute Gasteiger partial charge is 0.294 e. The average molecular weight is 293 g/mol. The van der Waals surface area contributed by atoms with E-state index in [0.717, 1.165) is 22.3 Å². The number of ether oxygens (including phenoxy) is 1. The highest BCUT2D eigenvalue weighted by Crippen LogP contribution is 2.34. The lowest BCUT2D eigenvalue weighted by Gasteiger charge is -2.43. The molecular weight excluding hydrogens is 278 g/mol. The van der Waals surface area contributed by atoms with Crippen LogP contribution in [0.5, 0.6) is 5.19 Å². The highest BCUT2D eigenvalue weighted by molar-refractivity contribution is 7.16. The molecule has 2 aromatic heterocycles. The second-order valence-corrected chi connectivity index (χ2v) is 6.90. The maximum Gasteiger partial charge on any atom is 0.294 e. The predicted molar refractivity (Wildman–Crippen MR) is 76.8 cm³/mol. The number of rotatable bonds is 3. The van der Waals surface area contributed by atoms with Gasteiger partial charge >= 0.3 is 0 Å². The fraction of sp³-hybridized carbons (Fsp3) is 0.538. The van der Waals surface area contributed by atoms with E-state index >= 15 is 0 Å². The molecule has 3 aliphatic heterocycles. The summed E-state index contributed by atoms with van der Waals surface area (Å²) in [5.74, 6) is 0.707. The van der Waals surface area contributed by atoms with Crippen LogP contribution in [0.3, 0.4) is 0 Å². The van der Waals surface area contributed by atoms with Crippen LogP contribution in [-0.4, -0.2) is 40.8 Å². The monoisotopic (exact) mass is 293 g/mol. The van der Waals surface area contributed by atoms with E-state index in [0.29, 0.717) is 12.0 Å². The first kappa shape index (κ1) is 11.8. The van der Waals surface area contributed by atoms with Crippen LogP contribution in [0.15, 0.2) is 16.8 Å². The van der Waals surface area contributed by atoms with E-state index < -0.39 is 0 Å². The largest absolute Gasteiger partial charge is 0.464 e. The molecule has 1 atom stereocenters. The second-order valence-electron chi connectivity index (χ2n) is 5.18. The van der Waals surface area contributed by atoms with Crippen LogP contribution in [0.2, 0.25) is 0 Å². The van der Waals surface area contributed by atoms with Crippen LogP contribution >= 0.6 is 22.7 Å². The van der Waals surface area contributed by atoms with E-state index in [1.165, 1.54) is 25.9 Å². The number of nitrogens with zero attached hydrogens (tertiary/aromatic N) is 3. The third-order valence-corrected chi connectivity index (χ3v) is 5.57. The lowest BCUT2D eigenvalue weighted by Crippen LogP contribution is -2.52. The lowest BCUT2D eigenvalue weighted by molar-refractivity contribution is -0.00816. The van der Waals surface area contributed by atoms with Gasteiger partial charge in [0.1, 0.15) is 6.10 Å². The summed E-state index contributed by atoms with van der Waals surface area (Å²) in [4.78, 5) is 2.49. The summed E-state index contributed by atoms with van der Waals surface area (Å²) < 4.78 is 6.07. The van der Waals surface area contributed by atoms with E-state index in [1.54, 1.807) is 22.7 Å². The van der Waals surface area contributed by atoms with E-state index in [-0.39, 0.29) is 0 Å². The Balaban J connectivity index is 1.48. The zero-order chi connectivity index (χ0) is 12.7. The van der Waals surface area contributed by atoms with Crippen molar-refractivity contribution >= 4 is 22.7 Å². The molecule has 0 amide bonds. The van der Waals surface area contributed by atoms with E-state index in [1.807, 2.05) is 0 Å². The summed E-state index contributed by atoms with van der Waals surface area (Å²) in [5, 5.41) is 14.2. The zero-order valence-electron chi connectivity index (χ0n) is 10.5. The number of thiophene rings is 1. The molecule has 0 aliphatic carbocycles. The number of piperidine rings is 3. The van der Waals surface area contributed by atoms with Gasteiger partial charge < -0.3 is 4.74 Å². The molecule has 19 heavy (non-hydrogen) atoms. The summed E-state index contributed by atoms with van der Waals surface area (Å²) >= 11 is 3.24. The normalized spacial score (nSPS) is 29.6. The summed E-state index contributed by atoms with van der Waals surface area (Å²) in [6.07, 6.45) is 2.84. The minimum Gasteiger partial charge on any atom is -0.464 e. The van der Waals surface area contributed by atoms with Crippen molar-refractivity contribution in [3.05, 3.63) is 16.8 Å². The Morgan fingerprint density at radius 1 is 1.26 bits per heavy atom. The summed E-state index contributed by atoms with van der Waals surface area (Å²) in [7, 11) is 0. The Hall–Kier alpha value is -0.980. The molecule has 0 spiro atoms. The van der Waals surface area contributed by atoms with Crippen LogP contribution < -0.4 is 4.74 Å². The number of fused-ring (bicyclic) bond motifs is 3. The minimum absolute atomic E-state index is 0.311. The van der Waals surface area contributed by atoms with Gasteiger partial charge in [-0.15, -0.1) is 5.10 Å². The Labute approximate surface area is 120 Å². The van der Waals surface area contributed by atoms with Crippen molar-refractivity contribution in [3.63, 3.8) is 0 Å². The standard InChI is InChI=1S/C13H15N3OS2/c1-4-16-5-2-9(1)11(7-16)17-13-15-14-12(19-13)10-3-6-18-8-10/h3,6,8-9,11H,1-2,4-5,7H2. The average Bonchev–Trinajstić information content (AvgIpc) is 3.10. The zero-order valence-corrected chi connectivity index (χ0v) is 12.1. The SMILES string of the molecule is c1cc(-c2nnc(OC3CN4CCC3CC4)s2)cs1. The van der Waals surface area contributed by atoms with Crippen LogP contribution in [0.4, 0.5) is 0 Å². The van der Waals surface area contributed by atoms with Crippen molar-refractivity contribution in [1.29, 1.82) is 0 Å². The Morgan fingerprint density at radius 2 is 2.16 bits per heavy atom. The highest BCUT2D eigenvalue weighted by atomic mass is 32.1. The number of hydrogen-bond donors (Lipinski definition) is 0. The topological polar surface area (TPSA) is 38.3 Å². The summed E-state index contributed by atoms with van der Waals surface area (Å²) in [5.41, 5.74) is 1.14. The maximum absolute atomic E-state index is 6.07.